The molecule has 0 saturated carbocycles. The average Bonchev–Trinajstić information content (AvgIpc) is 2.90. The minimum Gasteiger partial charge on any atom is -0.508 e. The standard InChI is InChI=1S/C14H14N2O3S/c17-9-4-5-12(13(8-9)16(18)19)15-11-2-1-3-14-10(11)6-7-20-14/h4-8,11,15,17H,1-3H2. The van der Waals surface area contributed by atoms with E-state index in [0.717, 1.165) is 19.3 Å². The van der Waals surface area contributed by atoms with Crippen LogP contribution in [0.15, 0.2) is 29.6 Å². The van der Waals surface area contributed by atoms with Crippen molar-refractivity contribution >= 4 is 22.7 Å². The van der Waals surface area contributed by atoms with E-state index in [-0.39, 0.29) is 17.5 Å². The maximum atomic E-state index is 11.1. The van der Waals surface area contributed by atoms with Crippen molar-refractivity contribution in [3.05, 3.63) is 50.2 Å². The van der Waals surface area contributed by atoms with Gasteiger partial charge >= 0.3 is 0 Å². The third-order valence-electron chi connectivity index (χ3n) is 3.56. The van der Waals surface area contributed by atoms with Gasteiger partial charge in [-0.1, -0.05) is 0 Å². The lowest BCUT2D eigenvalue weighted by Gasteiger charge is -2.24. The number of benzene rings is 1. The van der Waals surface area contributed by atoms with Gasteiger partial charge in [0.05, 0.1) is 17.0 Å². The smallest absolute Gasteiger partial charge is 0.296 e. The van der Waals surface area contributed by atoms with Gasteiger partial charge < -0.3 is 10.4 Å². The fourth-order valence-electron chi connectivity index (χ4n) is 2.62. The molecule has 20 heavy (non-hydrogen) atoms. The number of rotatable bonds is 3. The molecule has 1 aliphatic rings. The van der Waals surface area contributed by atoms with Crippen LogP contribution in [0.4, 0.5) is 11.4 Å². The van der Waals surface area contributed by atoms with Gasteiger partial charge in [-0.15, -0.1) is 11.3 Å². The zero-order chi connectivity index (χ0) is 14.1. The van der Waals surface area contributed by atoms with Crippen LogP contribution in [0.1, 0.15) is 29.3 Å². The fraction of sp³-hybridized carbons (Fsp3) is 0.286. The average molecular weight is 290 g/mol. The maximum absolute atomic E-state index is 11.1. The molecule has 0 bridgehead atoms. The van der Waals surface area contributed by atoms with Gasteiger partial charge in [0.15, 0.2) is 0 Å². The number of fused-ring (bicyclic) bond motifs is 1. The number of nitro benzene ring substituents is 1. The highest BCUT2D eigenvalue weighted by atomic mass is 32.1. The van der Waals surface area contributed by atoms with Crippen LogP contribution in [0.5, 0.6) is 5.75 Å². The predicted molar refractivity (Wildman–Crippen MR) is 78.4 cm³/mol. The quantitative estimate of drug-likeness (QED) is 0.511. The van der Waals surface area contributed by atoms with Gasteiger partial charge in [0, 0.05) is 4.88 Å². The van der Waals surface area contributed by atoms with Crippen molar-refractivity contribution in [1.82, 2.24) is 0 Å². The summed E-state index contributed by atoms with van der Waals surface area (Å²) in [7, 11) is 0. The van der Waals surface area contributed by atoms with Gasteiger partial charge in [-0.2, -0.15) is 0 Å². The Labute approximate surface area is 120 Å². The van der Waals surface area contributed by atoms with Gasteiger partial charge in [0.1, 0.15) is 11.4 Å². The normalized spacial score (nSPS) is 17.5. The lowest BCUT2D eigenvalue weighted by molar-refractivity contribution is -0.384. The molecule has 1 aromatic carbocycles. The molecule has 1 aliphatic carbocycles. The number of thiophene rings is 1. The Morgan fingerprint density at radius 2 is 2.25 bits per heavy atom. The molecule has 5 nitrogen and oxygen atoms in total. The molecule has 2 aromatic rings. The first kappa shape index (κ1) is 12.9. The van der Waals surface area contributed by atoms with Crippen molar-refractivity contribution in [2.45, 2.75) is 25.3 Å². The van der Waals surface area contributed by atoms with E-state index in [1.807, 2.05) is 0 Å². The highest BCUT2D eigenvalue weighted by Gasteiger charge is 2.24. The minimum atomic E-state index is -0.473. The molecule has 1 unspecified atom stereocenters. The second kappa shape index (κ2) is 5.13. The van der Waals surface area contributed by atoms with Crippen LogP contribution >= 0.6 is 11.3 Å². The number of nitrogens with zero attached hydrogens (tertiary/aromatic N) is 1. The van der Waals surface area contributed by atoms with Crippen LogP contribution in [-0.4, -0.2) is 10.0 Å². The van der Waals surface area contributed by atoms with Crippen LogP contribution < -0.4 is 5.32 Å². The summed E-state index contributed by atoms with van der Waals surface area (Å²) in [6, 6.07) is 6.40. The third kappa shape index (κ3) is 2.34. The molecule has 6 heteroatoms. The summed E-state index contributed by atoms with van der Waals surface area (Å²) in [6.07, 6.45) is 3.13. The SMILES string of the molecule is O=[N+]([O-])c1cc(O)ccc1NC1CCCc2sccc21. The number of phenolic OH excluding ortho intramolecular Hbond substituents is 1. The van der Waals surface area contributed by atoms with Crippen molar-refractivity contribution < 1.29 is 10.0 Å². The van der Waals surface area contributed by atoms with Crippen LogP contribution in [0.3, 0.4) is 0 Å². The lowest BCUT2D eigenvalue weighted by atomic mass is 9.94. The topological polar surface area (TPSA) is 75.4 Å². The van der Waals surface area contributed by atoms with Crippen molar-refractivity contribution in [2.24, 2.45) is 0 Å². The van der Waals surface area contributed by atoms with Crippen LogP contribution in [0.25, 0.3) is 0 Å². The van der Waals surface area contributed by atoms with E-state index >= 15 is 0 Å². The first-order chi connectivity index (χ1) is 9.65. The highest BCUT2D eigenvalue weighted by Crippen LogP contribution is 2.38. The summed E-state index contributed by atoms with van der Waals surface area (Å²) < 4.78 is 0. The van der Waals surface area contributed by atoms with E-state index in [9.17, 15) is 15.2 Å². The predicted octanol–water partition coefficient (Wildman–Crippen LogP) is 3.85. The Morgan fingerprint density at radius 1 is 1.40 bits per heavy atom. The first-order valence-corrected chi connectivity index (χ1v) is 7.33. The van der Waals surface area contributed by atoms with Crippen molar-refractivity contribution in [3.8, 4) is 5.75 Å². The number of nitrogens with one attached hydrogen (secondary N) is 1. The summed E-state index contributed by atoms with van der Waals surface area (Å²) in [5, 5.41) is 25.8. The molecule has 1 aromatic heterocycles. The molecule has 0 spiro atoms. The molecule has 0 aliphatic heterocycles. The Hall–Kier alpha value is -2.08. The van der Waals surface area contributed by atoms with E-state index in [4.69, 9.17) is 0 Å². The van der Waals surface area contributed by atoms with E-state index in [1.54, 1.807) is 17.4 Å². The summed E-state index contributed by atoms with van der Waals surface area (Å²) in [5.41, 5.74) is 1.60. The number of nitro groups is 1. The van der Waals surface area contributed by atoms with Crippen LogP contribution in [-0.2, 0) is 6.42 Å². The molecule has 2 N–H and O–H groups in total. The molecular formula is C14H14N2O3S. The Kier molecular flexibility index (Phi) is 3.31. The molecule has 3 rings (SSSR count). The number of phenols is 1. The summed E-state index contributed by atoms with van der Waals surface area (Å²) >= 11 is 1.74. The second-order valence-electron chi connectivity index (χ2n) is 4.85. The van der Waals surface area contributed by atoms with Gasteiger partial charge in [0.25, 0.3) is 5.69 Å². The van der Waals surface area contributed by atoms with Gasteiger partial charge in [-0.05, 0) is 48.4 Å². The Bertz CT molecular complexity index is 654. The molecule has 1 heterocycles. The number of hydrogen-bond donors (Lipinski definition) is 2. The van der Waals surface area contributed by atoms with Crippen LogP contribution in [0, 0.1) is 10.1 Å². The highest BCUT2D eigenvalue weighted by molar-refractivity contribution is 7.10. The van der Waals surface area contributed by atoms with Gasteiger partial charge in [-0.3, -0.25) is 10.1 Å². The number of anilines is 1. The van der Waals surface area contributed by atoms with Crippen molar-refractivity contribution in [3.63, 3.8) is 0 Å². The Balaban J connectivity index is 1.92. The molecule has 1 atom stereocenters. The van der Waals surface area contributed by atoms with Gasteiger partial charge in [-0.25, -0.2) is 0 Å². The van der Waals surface area contributed by atoms with Crippen molar-refractivity contribution in [2.75, 3.05) is 5.32 Å². The first-order valence-electron chi connectivity index (χ1n) is 6.45. The molecular weight excluding hydrogens is 276 g/mol. The monoisotopic (exact) mass is 290 g/mol. The summed E-state index contributed by atoms with van der Waals surface area (Å²) in [5.74, 6) is -0.0953. The minimum absolute atomic E-state index is 0.0904. The lowest BCUT2D eigenvalue weighted by Crippen LogP contribution is -2.16. The van der Waals surface area contributed by atoms with E-state index in [0.29, 0.717) is 5.69 Å². The van der Waals surface area contributed by atoms with Gasteiger partial charge in [0.2, 0.25) is 0 Å². The Morgan fingerprint density at radius 3 is 3.05 bits per heavy atom. The van der Waals surface area contributed by atoms with E-state index in [2.05, 4.69) is 16.8 Å². The summed E-state index contributed by atoms with van der Waals surface area (Å²) in [6.45, 7) is 0. The summed E-state index contributed by atoms with van der Waals surface area (Å²) in [4.78, 5) is 12.0. The van der Waals surface area contributed by atoms with Crippen LogP contribution in [0.2, 0.25) is 0 Å². The fourth-order valence-corrected chi connectivity index (χ4v) is 3.60. The number of hydrogen-bond acceptors (Lipinski definition) is 5. The molecule has 104 valence electrons. The molecule has 0 saturated heterocycles. The number of aryl methyl sites for hydroxylation is 1. The molecule has 0 amide bonds. The number of aromatic hydroxyl groups is 1. The molecule has 0 radical (unpaired) electrons. The van der Waals surface area contributed by atoms with E-state index < -0.39 is 4.92 Å². The second-order valence-corrected chi connectivity index (χ2v) is 5.85. The largest absolute Gasteiger partial charge is 0.508 e. The molecule has 0 fully saturated rings. The van der Waals surface area contributed by atoms with Crippen molar-refractivity contribution in [1.29, 1.82) is 0 Å². The zero-order valence-electron chi connectivity index (χ0n) is 10.7. The third-order valence-corrected chi connectivity index (χ3v) is 4.56. The maximum Gasteiger partial charge on any atom is 0.296 e. The van der Waals surface area contributed by atoms with E-state index in [1.165, 1.54) is 22.6 Å². The zero-order valence-corrected chi connectivity index (χ0v) is 11.5.